The van der Waals surface area contributed by atoms with Crippen molar-refractivity contribution < 1.29 is 9.72 Å². The first-order chi connectivity index (χ1) is 14.6. The van der Waals surface area contributed by atoms with Crippen LogP contribution in [-0.4, -0.2) is 35.9 Å². The highest BCUT2D eigenvalue weighted by atomic mass is 35.5. The van der Waals surface area contributed by atoms with E-state index in [4.69, 9.17) is 11.6 Å². The van der Waals surface area contributed by atoms with E-state index in [-0.39, 0.29) is 45.9 Å². The Morgan fingerprint density at radius 1 is 1.42 bits per heavy atom. The van der Waals surface area contributed by atoms with E-state index in [2.05, 4.69) is 15.4 Å². The maximum absolute atomic E-state index is 13.1. The number of nitrogens with zero attached hydrogens (tertiary/aromatic N) is 5. The molecule has 1 aliphatic heterocycles. The molecule has 0 bridgehead atoms. The molecular formula is C19H19ClN6O4S. The Kier molecular flexibility index (Phi) is 5.26. The second kappa shape index (κ2) is 7.65. The quantitative estimate of drug-likeness (QED) is 0.356. The van der Waals surface area contributed by atoms with E-state index in [9.17, 15) is 19.7 Å². The molecule has 1 unspecified atom stereocenters. The Morgan fingerprint density at radius 2 is 2.16 bits per heavy atom. The number of hydrogen-bond acceptors (Lipinski definition) is 7. The summed E-state index contributed by atoms with van der Waals surface area (Å²) in [7, 11) is 0. The fraction of sp³-hybridized carbons (Fsp3) is 0.368. The first-order valence-electron chi connectivity index (χ1n) is 9.43. The van der Waals surface area contributed by atoms with Crippen LogP contribution >= 0.6 is 23.4 Å². The van der Waals surface area contributed by atoms with E-state index >= 15 is 0 Å². The lowest BCUT2D eigenvalue weighted by Crippen LogP contribution is -2.29. The zero-order valence-electron chi connectivity index (χ0n) is 17.0. The number of thioether (sulfide) groups is 1. The molecule has 3 aromatic rings. The van der Waals surface area contributed by atoms with Crippen LogP contribution in [0, 0.1) is 10.1 Å². The monoisotopic (exact) mass is 462 g/mol. The van der Waals surface area contributed by atoms with Gasteiger partial charge in [0.1, 0.15) is 10.4 Å². The fourth-order valence-electron chi connectivity index (χ4n) is 3.43. The van der Waals surface area contributed by atoms with Crippen molar-refractivity contribution in [1.29, 1.82) is 0 Å². The van der Waals surface area contributed by atoms with E-state index in [1.165, 1.54) is 40.7 Å². The number of benzene rings is 1. The molecular weight excluding hydrogens is 444 g/mol. The Balaban J connectivity index is 1.59. The minimum atomic E-state index is -0.615. The highest BCUT2D eigenvalue weighted by Gasteiger charge is 2.30. The fourth-order valence-corrected chi connectivity index (χ4v) is 4.75. The molecule has 0 spiro atoms. The summed E-state index contributed by atoms with van der Waals surface area (Å²) in [6.07, 6.45) is 1.53. The molecule has 1 aliphatic rings. The third kappa shape index (κ3) is 3.90. The van der Waals surface area contributed by atoms with Crippen LogP contribution < -0.4 is 10.9 Å². The number of halogens is 1. The summed E-state index contributed by atoms with van der Waals surface area (Å²) in [5.74, 6) is 0.152. The normalized spacial score (nSPS) is 15.8. The summed E-state index contributed by atoms with van der Waals surface area (Å²) in [5.41, 5.74) is -0.0707. The van der Waals surface area contributed by atoms with Crippen molar-refractivity contribution in [3.05, 3.63) is 49.9 Å². The van der Waals surface area contributed by atoms with Crippen LogP contribution in [0.5, 0.6) is 0 Å². The first-order valence-corrected chi connectivity index (χ1v) is 10.8. The molecule has 3 heterocycles. The molecule has 2 aromatic heterocycles. The van der Waals surface area contributed by atoms with E-state index in [0.29, 0.717) is 21.9 Å². The van der Waals surface area contributed by atoms with Gasteiger partial charge in [0.15, 0.2) is 10.8 Å². The molecule has 1 N–H and O–H groups in total. The molecule has 10 nitrogen and oxygen atoms in total. The van der Waals surface area contributed by atoms with Crippen LogP contribution in [-0.2, 0) is 10.3 Å². The molecule has 1 aromatic carbocycles. The third-order valence-corrected chi connectivity index (χ3v) is 6.27. The van der Waals surface area contributed by atoms with Gasteiger partial charge >= 0.3 is 0 Å². The van der Waals surface area contributed by atoms with Gasteiger partial charge in [0.2, 0.25) is 5.91 Å². The molecule has 0 fully saturated rings. The van der Waals surface area contributed by atoms with Crippen molar-refractivity contribution in [2.75, 3.05) is 11.1 Å². The SMILES string of the molecule is CC(C)(C)n1ncc2c(=O)n3c(nc21)SCC3CC(=O)Nc1ccc(Cl)c([N+](=O)[O-])c1. The Labute approximate surface area is 185 Å². The van der Waals surface area contributed by atoms with Crippen molar-refractivity contribution in [2.24, 2.45) is 0 Å². The van der Waals surface area contributed by atoms with Gasteiger partial charge in [-0.15, -0.1) is 0 Å². The molecule has 12 heteroatoms. The first kappa shape index (κ1) is 21.3. The number of rotatable bonds is 4. The van der Waals surface area contributed by atoms with Crippen LogP contribution in [0.4, 0.5) is 11.4 Å². The maximum Gasteiger partial charge on any atom is 0.289 e. The molecule has 0 aliphatic carbocycles. The average molecular weight is 463 g/mol. The molecule has 4 rings (SSSR count). The zero-order valence-corrected chi connectivity index (χ0v) is 18.5. The maximum atomic E-state index is 13.1. The number of nitro benzene ring substituents is 1. The smallest absolute Gasteiger partial charge is 0.289 e. The van der Waals surface area contributed by atoms with Gasteiger partial charge in [-0.25, -0.2) is 9.67 Å². The lowest BCUT2D eigenvalue weighted by molar-refractivity contribution is -0.384. The van der Waals surface area contributed by atoms with E-state index in [1.807, 2.05) is 20.8 Å². The number of nitro groups is 1. The summed E-state index contributed by atoms with van der Waals surface area (Å²) < 4.78 is 3.25. The average Bonchev–Trinajstić information content (AvgIpc) is 3.28. The minimum Gasteiger partial charge on any atom is -0.326 e. The number of aromatic nitrogens is 4. The summed E-state index contributed by atoms with van der Waals surface area (Å²) in [6.45, 7) is 5.94. The predicted molar refractivity (Wildman–Crippen MR) is 118 cm³/mol. The van der Waals surface area contributed by atoms with Crippen molar-refractivity contribution in [1.82, 2.24) is 19.3 Å². The number of carbonyl (C=O) groups is 1. The van der Waals surface area contributed by atoms with Gasteiger partial charge in [-0.1, -0.05) is 23.4 Å². The van der Waals surface area contributed by atoms with Gasteiger partial charge in [0, 0.05) is 23.9 Å². The summed E-state index contributed by atoms with van der Waals surface area (Å²) in [5, 5.41) is 18.9. The Hall–Kier alpha value is -2.92. The molecule has 1 atom stereocenters. The Bertz CT molecular complexity index is 1280. The van der Waals surface area contributed by atoms with Gasteiger partial charge in [-0.2, -0.15) is 5.10 Å². The van der Waals surface area contributed by atoms with Crippen molar-refractivity contribution in [2.45, 2.75) is 43.9 Å². The van der Waals surface area contributed by atoms with Gasteiger partial charge in [-0.05, 0) is 32.9 Å². The van der Waals surface area contributed by atoms with Gasteiger partial charge < -0.3 is 5.32 Å². The predicted octanol–water partition coefficient (Wildman–Crippen LogP) is 3.59. The van der Waals surface area contributed by atoms with Crippen LogP contribution in [0.25, 0.3) is 11.0 Å². The molecule has 0 saturated heterocycles. The van der Waals surface area contributed by atoms with Gasteiger partial charge in [-0.3, -0.25) is 24.3 Å². The lowest BCUT2D eigenvalue weighted by Gasteiger charge is -2.20. The lowest BCUT2D eigenvalue weighted by atomic mass is 10.1. The van der Waals surface area contributed by atoms with Crippen LogP contribution in [0.1, 0.15) is 33.2 Å². The van der Waals surface area contributed by atoms with Crippen molar-refractivity contribution >= 4 is 51.7 Å². The second-order valence-electron chi connectivity index (χ2n) is 8.17. The topological polar surface area (TPSA) is 125 Å². The van der Waals surface area contributed by atoms with Crippen molar-refractivity contribution in [3.63, 3.8) is 0 Å². The van der Waals surface area contributed by atoms with Crippen LogP contribution in [0.15, 0.2) is 34.3 Å². The number of hydrogen-bond donors (Lipinski definition) is 1. The Morgan fingerprint density at radius 3 is 2.84 bits per heavy atom. The summed E-state index contributed by atoms with van der Waals surface area (Å²) in [4.78, 5) is 40.7. The number of nitrogens with one attached hydrogen (secondary N) is 1. The minimum absolute atomic E-state index is 0.0124. The van der Waals surface area contributed by atoms with Crippen molar-refractivity contribution in [3.8, 4) is 0 Å². The molecule has 1 amide bonds. The second-order valence-corrected chi connectivity index (χ2v) is 9.57. The molecule has 0 radical (unpaired) electrons. The molecule has 31 heavy (non-hydrogen) atoms. The standard InChI is InChI=1S/C19H19ClN6O4S/c1-19(2,3)25-16-12(8-21-25)17(28)24-11(9-31-18(24)23-16)7-15(27)22-10-4-5-13(20)14(6-10)26(29)30/h4-6,8,11H,7,9H2,1-3H3,(H,22,27). The number of carbonyl (C=O) groups excluding carboxylic acids is 1. The zero-order chi connectivity index (χ0) is 22.5. The molecule has 162 valence electrons. The van der Waals surface area contributed by atoms with E-state index in [0.717, 1.165) is 0 Å². The number of fused-ring (bicyclic) bond motifs is 2. The third-order valence-electron chi connectivity index (χ3n) is 4.85. The summed E-state index contributed by atoms with van der Waals surface area (Å²) in [6, 6.07) is 3.66. The molecule has 0 saturated carbocycles. The van der Waals surface area contributed by atoms with Gasteiger partial charge in [0.05, 0.1) is 22.7 Å². The largest absolute Gasteiger partial charge is 0.326 e. The van der Waals surface area contributed by atoms with Crippen LogP contribution in [0.2, 0.25) is 5.02 Å². The summed E-state index contributed by atoms with van der Waals surface area (Å²) >= 11 is 7.22. The highest BCUT2D eigenvalue weighted by molar-refractivity contribution is 7.99. The van der Waals surface area contributed by atoms with E-state index in [1.54, 1.807) is 4.68 Å². The number of amides is 1. The van der Waals surface area contributed by atoms with Crippen LogP contribution in [0.3, 0.4) is 0 Å². The highest BCUT2D eigenvalue weighted by Crippen LogP contribution is 2.34. The van der Waals surface area contributed by atoms with E-state index < -0.39 is 4.92 Å². The van der Waals surface area contributed by atoms with Gasteiger partial charge in [0.25, 0.3) is 11.2 Å². The number of anilines is 1.